The third-order valence-electron chi connectivity index (χ3n) is 3.68. The van der Waals surface area contributed by atoms with Crippen molar-refractivity contribution in [2.24, 2.45) is 0 Å². The third kappa shape index (κ3) is 3.19. The van der Waals surface area contributed by atoms with Crippen molar-refractivity contribution in [2.45, 2.75) is 26.6 Å². The van der Waals surface area contributed by atoms with E-state index in [9.17, 15) is 0 Å². The first kappa shape index (κ1) is 15.0. The van der Waals surface area contributed by atoms with Gasteiger partial charge in [-0.05, 0) is 23.6 Å². The van der Waals surface area contributed by atoms with Crippen molar-refractivity contribution < 1.29 is 0 Å². The van der Waals surface area contributed by atoms with E-state index in [-0.39, 0.29) is 0 Å². The minimum Gasteiger partial charge on any atom is -0.0971 e. The first-order valence-corrected chi connectivity index (χ1v) is 11.9. The number of hydrogen-bond acceptors (Lipinski definition) is 0. The molecule has 0 fully saturated rings. The second-order valence-corrected chi connectivity index (χ2v) is 12.0. The summed E-state index contributed by atoms with van der Waals surface area (Å²) < 4.78 is 0. The number of hydrogen-bond donors (Lipinski definition) is 0. The molecular formula is C18H24Si2. The molecule has 0 aliphatic rings. The van der Waals surface area contributed by atoms with Crippen molar-refractivity contribution in [2.75, 3.05) is 0 Å². The fourth-order valence-corrected chi connectivity index (χ4v) is 4.85. The molecule has 0 aliphatic heterocycles. The molecule has 2 aromatic carbocycles. The maximum atomic E-state index is 2.42. The second-order valence-electron chi connectivity index (χ2n) is 6.36. The molecular weight excluding hydrogens is 272 g/mol. The summed E-state index contributed by atoms with van der Waals surface area (Å²) in [6.07, 6.45) is 0. The molecule has 0 radical (unpaired) electrons. The zero-order chi connectivity index (χ0) is 14.8. The predicted molar refractivity (Wildman–Crippen MR) is 97.6 cm³/mol. The summed E-state index contributed by atoms with van der Waals surface area (Å²) in [7, 11) is -0.248. The molecule has 2 aromatic rings. The summed E-state index contributed by atoms with van der Waals surface area (Å²) in [4.78, 5) is 0. The average Bonchev–Trinajstić information content (AvgIpc) is 2.41. The summed E-state index contributed by atoms with van der Waals surface area (Å²) >= 11 is 0. The quantitative estimate of drug-likeness (QED) is 0.763. The van der Waals surface area contributed by atoms with E-state index in [0.717, 1.165) is 10.2 Å². The molecule has 104 valence electrons. The van der Waals surface area contributed by atoms with Gasteiger partial charge in [-0.3, -0.25) is 0 Å². The van der Waals surface area contributed by atoms with Gasteiger partial charge in [0.25, 0.3) is 0 Å². The van der Waals surface area contributed by atoms with Crippen LogP contribution < -0.4 is 5.19 Å². The highest BCUT2D eigenvalue weighted by Crippen LogP contribution is 2.23. The van der Waals surface area contributed by atoms with Gasteiger partial charge in [-0.1, -0.05) is 84.6 Å². The molecule has 2 heteroatoms. The van der Waals surface area contributed by atoms with Crippen molar-refractivity contribution in [1.82, 2.24) is 0 Å². The maximum Gasteiger partial charge on any atom is 0.0784 e. The van der Waals surface area contributed by atoms with Crippen LogP contribution in [0, 0.1) is 6.92 Å². The highest BCUT2D eigenvalue weighted by molar-refractivity contribution is 6.89. The van der Waals surface area contributed by atoms with Crippen LogP contribution in [0.4, 0.5) is 0 Å². The molecule has 0 bridgehead atoms. The number of rotatable bonds is 3. The van der Waals surface area contributed by atoms with Crippen LogP contribution in [0.1, 0.15) is 16.7 Å². The molecule has 0 aliphatic carbocycles. The lowest BCUT2D eigenvalue weighted by Crippen LogP contribution is -2.39. The molecule has 2 rings (SSSR count). The number of aryl methyl sites for hydroxylation is 1. The van der Waals surface area contributed by atoms with E-state index >= 15 is 0 Å². The lowest BCUT2D eigenvalue weighted by atomic mass is 9.98. The van der Waals surface area contributed by atoms with E-state index in [2.05, 4.69) is 80.8 Å². The number of benzene rings is 2. The summed E-state index contributed by atoms with van der Waals surface area (Å²) in [5.74, 6) is 0. The van der Waals surface area contributed by atoms with Crippen molar-refractivity contribution in [3.63, 3.8) is 0 Å². The average molecular weight is 297 g/mol. The van der Waals surface area contributed by atoms with Crippen molar-refractivity contribution in [3.05, 3.63) is 70.9 Å². The molecule has 20 heavy (non-hydrogen) atoms. The summed E-state index contributed by atoms with van der Waals surface area (Å²) in [5.41, 5.74) is 7.89. The minimum atomic E-state index is -1.33. The Balaban J connectivity index is 2.57. The molecule has 0 saturated heterocycles. The first-order valence-electron chi connectivity index (χ1n) is 7.26. The van der Waals surface area contributed by atoms with E-state index in [1.165, 1.54) is 22.3 Å². The van der Waals surface area contributed by atoms with Crippen LogP contribution in [-0.4, -0.2) is 18.3 Å². The normalized spacial score (nSPS) is 12.7. The van der Waals surface area contributed by atoms with Crippen LogP contribution in [0.3, 0.4) is 0 Å². The van der Waals surface area contributed by atoms with Crippen molar-refractivity contribution >= 4 is 29.1 Å². The predicted octanol–water partition coefficient (Wildman–Crippen LogP) is 3.29. The molecule has 0 aromatic heterocycles. The summed E-state index contributed by atoms with van der Waals surface area (Å²) in [6, 6.07) is 17.9. The first-order chi connectivity index (χ1) is 9.43. The molecule has 0 heterocycles. The zero-order valence-corrected chi connectivity index (χ0v) is 16.2. The minimum absolute atomic E-state index is 1.08. The van der Waals surface area contributed by atoms with Gasteiger partial charge in [-0.2, -0.15) is 0 Å². The zero-order valence-electron chi connectivity index (χ0n) is 13.2. The van der Waals surface area contributed by atoms with E-state index in [0.29, 0.717) is 0 Å². The fourth-order valence-electron chi connectivity index (χ4n) is 2.58. The van der Waals surface area contributed by atoms with Gasteiger partial charge in [-0.25, -0.2) is 0 Å². The Kier molecular flexibility index (Phi) is 4.46. The monoisotopic (exact) mass is 296 g/mol. The van der Waals surface area contributed by atoms with E-state index in [4.69, 9.17) is 0 Å². The second kappa shape index (κ2) is 5.94. The SMILES string of the molecule is Cc1ccc(C(=C[SiH3])c2ccccc2[Si](C)(C)C)cc1. The molecule has 0 atom stereocenters. The largest absolute Gasteiger partial charge is 0.0971 e. The van der Waals surface area contributed by atoms with E-state index in [1.54, 1.807) is 5.19 Å². The Morgan fingerprint density at radius 3 is 2.10 bits per heavy atom. The van der Waals surface area contributed by atoms with Gasteiger partial charge >= 0.3 is 0 Å². The van der Waals surface area contributed by atoms with Crippen LogP contribution in [0.2, 0.25) is 19.6 Å². The van der Waals surface area contributed by atoms with E-state index < -0.39 is 8.07 Å². The molecule has 0 saturated carbocycles. The summed E-state index contributed by atoms with van der Waals surface area (Å²) in [5, 5.41) is 1.56. The van der Waals surface area contributed by atoms with Crippen LogP contribution in [0.15, 0.2) is 54.2 Å². The molecule has 0 amide bonds. The Bertz CT molecular complexity index is 617. The fraction of sp³-hybridized carbons (Fsp3) is 0.222. The van der Waals surface area contributed by atoms with Gasteiger partial charge in [0.05, 0.1) is 8.07 Å². The molecule has 0 spiro atoms. The Hall–Kier alpha value is -1.39. The molecule has 0 nitrogen and oxygen atoms in total. The summed E-state index contributed by atoms with van der Waals surface area (Å²) in [6.45, 7) is 9.41. The van der Waals surface area contributed by atoms with Crippen molar-refractivity contribution in [1.29, 1.82) is 0 Å². The standard InChI is InChI=1S/C18H24Si2/c1-14-9-11-15(12-10-14)17(13-19)16-7-5-6-8-18(16)20(2,3)4/h5-13H,1-4,19H3. The Morgan fingerprint density at radius 2 is 1.55 bits per heavy atom. The van der Waals surface area contributed by atoms with Gasteiger partial charge in [0, 0.05) is 10.2 Å². The van der Waals surface area contributed by atoms with Gasteiger partial charge in [0.15, 0.2) is 0 Å². The lowest BCUT2D eigenvalue weighted by molar-refractivity contribution is 1.45. The highest BCUT2D eigenvalue weighted by atomic mass is 28.3. The maximum absolute atomic E-state index is 2.42. The topological polar surface area (TPSA) is 0 Å². The van der Waals surface area contributed by atoms with Gasteiger partial charge < -0.3 is 0 Å². The van der Waals surface area contributed by atoms with Gasteiger partial charge in [0.1, 0.15) is 0 Å². The highest BCUT2D eigenvalue weighted by Gasteiger charge is 2.21. The van der Waals surface area contributed by atoms with Gasteiger partial charge in [0.2, 0.25) is 0 Å². The molecule has 0 N–H and O–H groups in total. The van der Waals surface area contributed by atoms with Crippen LogP contribution in [0.25, 0.3) is 5.57 Å². The van der Waals surface area contributed by atoms with Crippen molar-refractivity contribution in [3.8, 4) is 0 Å². The van der Waals surface area contributed by atoms with Crippen LogP contribution in [-0.2, 0) is 0 Å². The Morgan fingerprint density at radius 1 is 0.950 bits per heavy atom. The Labute approximate surface area is 127 Å². The van der Waals surface area contributed by atoms with Crippen LogP contribution >= 0.6 is 0 Å². The smallest absolute Gasteiger partial charge is 0.0784 e. The third-order valence-corrected chi connectivity index (χ3v) is 6.31. The molecule has 0 unspecified atom stereocenters. The lowest BCUT2D eigenvalue weighted by Gasteiger charge is -2.22. The van der Waals surface area contributed by atoms with Crippen LogP contribution in [0.5, 0.6) is 0 Å². The van der Waals surface area contributed by atoms with E-state index in [1.807, 2.05) is 0 Å². The van der Waals surface area contributed by atoms with Gasteiger partial charge in [-0.15, -0.1) is 0 Å².